The fourth-order valence-electron chi connectivity index (χ4n) is 2.08. The van der Waals surface area contributed by atoms with E-state index >= 15 is 0 Å². The molecule has 2 aromatic heterocycles. The fraction of sp³-hybridized carbons (Fsp3) is 0.188. The van der Waals surface area contributed by atoms with Crippen molar-refractivity contribution >= 4 is 27.0 Å². The van der Waals surface area contributed by atoms with Crippen LogP contribution in [0.3, 0.4) is 0 Å². The Hall–Kier alpha value is -2.12. The summed E-state index contributed by atoms with van der Waals surface area (Å²) in [7, 11) is -3.61. The molecule has 0 radical (unpaired) electrons. The Kier molecular flexibility index (Phi) is 4.23. The molecule has 23 heavy (non-hydrogen) atoms. The van der Waals surface area contributed by atoms with Crippen molar-refractivity contribution in [2.24, 2.45) is 0 Å². The number of hydrogen-bond donors (Lipinski definition) is 1. The van der Waals surface area contributed by atoms with Gasteiger partial charge in [-0.15, -0.1) is 11.3 Å². The second-order valence-corrected chi connectivity index (χ2v) is 8.37. The number of thiophene rings is 1. The Morgan fingerprint density at radius 1 is 1.09 bits per heavy atom. The van der Waals surface area contributed by atoms with E-state index in [-0.39, 0.29) is 4.21 Å². The Morgan fingerprint density at radius 2 is 1.83 bits per heavy atom. The summed E-state index contributed by atoms with van der Waals surface area (Å²) in [6.07, 6.45) is 1.53. The lowest BCUT2D eigenvalue weighted by Gasteiger charge is -2.09. The molecule has 0 aliphatic rings. The van der Waals surface area contributed by atoms with Gasteiger partial charge in [0.25, 0.3) is 10.0 Å². The Balaban J connectivity index is 1.81. The summed E-state index contributed by atoms with van der Waals surface area (Å²) in [5.74, 6) is 0.958. The average molecular weight is 348 g/mol. The molecule has 1 N–H and O–H groups in total. The van der Waals surface area contributed by atoms with Gasteiger partial charge in [-0.05, 0) is 35.7 Å². The van der Waals surface area contributed by atoms with Gasteiger partial charge in [0.15, 0.2) is 5.76 Å². The molecule has 7 heteroatoms. The van der Waals surface area contributed by atoms with Gasteiger partial charge in [0.1, 0.15) is 4.21 Å². The quantitative estimate of drug-likeness (QED) is 0.745. The van der Waals surface area contributed by atoms with Crippen LogP contribution in [0.25, 0.3) is 10.6 Å². The second-order valence-electron chi connectivity index (χ2n) is 5.38. The molecule has 0 atom stereocenters. The first-order chi connectivity index (χ1) is 11.0. The van der Waals surface area contributed by atoms with E-state index < -0.39 is 10.0 Å². The van der Waals surface area contributed by atoms with Crippen LogP contribution < -0.4 is 4.72 Å². The molecular formula is C16H16N2O3S2. The van der Waals surface area contributed by atoms with Crippen LogP contribution in [0.1, 0.15) is 25.3 Å². The summed E-state index contributed by atoms with van der Waals surface area (Å²) < 4.78 is 32.8. The lowest BCUT2D eigenvalue weighted by Crippen LogP contribution is -2.11. The first-order valence-electron chi connectivity index (χ1n) is 7.09. The molecular weight excluding hydrogens is 332 g/mol. The third-order valence-electron chi connectivity index (χ3n) is 3.36. The largest absolute Gasteiger partial charge is 0.355 e. The van der Waals surface area contributed by atoms with Crippen LogP contribution >= 0.6 is 11.3 Å². The smallest absolute Gasteiger partial charge is 0.271 e. The van der Waals surface area contributed by atoms with E-state index in [1.807, 2.05) is 12.1 Å². The molecule has 0 amide bonds. The van der Waals surface area contributed by atoms with E-state index in [9.17, 15) is 8.42 Å². The molecule has 0 unspecified atom stereocenters. The lowest BCUT2D eigenvalue weighted by molar-refractivity contribution is 0.433. The molecule has 0 spiro atoms. The second kappa shape index (κ2) is 6.17. The van der Waals surface area contributed by atoms with Crippen molar-refractivity contribution < 1.29 is 12.9 Å². The van der Waals surface area contributed by atoms with E-state index in [2.05, 4.69) is 23.7 Å². The van der Waals surface area contributed by atoms with Crippen molar-refractivity contribution in [3.63, 3.8) is 0 Å². The van der Waals surface area contributed by atoms with Crippen LogP contribution in [0.4, 0.5) is 5.69 Å². The minimum absolute atomic E-state index is 0.233. The van der Waals surface area contributed by atoms with Crippen molar-refractivity contribution in [3.05, 3.63) is 54.2 Å². The monoisotopic (exact) mass is 348 g/mol. The maximum Gasteiger partial charge on any atom is 0.271 e. The van der Waals surface area contributed by atoms with Crippen molar-refractivity contribution in [2.45, 2.75) is 24.0 Å². The minimum Gasteiger partial charge on any atom is -0.355 e. The zero-order chi connectivity index (χ0) is 16.4. The van der Waals surface area contributed by atoms with Crippen molar-refractivity contribution in [1.82, 2.24) is 5.16 Å². The highest BCUT2D eigenvalue weighted by Gasteiger charge is 2.18. The van der Waals surface area contributed by atoms with Crippen molar-refractivity contribution in [1.29, 1.82) is 0 Å². The molecule has 0 saturated heterocycles. The van der Waals surface area contributed by atoms with Crippen LogP contribution in [0.15, 0.2) is 57.4 Å². The van der Waals surface area contributed by atoms with Crippen LogP contribution in [-0.2, 0) is 10.0 Å². The Bertz CT molecular complexity index is 880. The molecule has 0 fully saturated rings. The molecule has 3 rings (SSSR count). The van der Waals surface area contributed by atoms with Gasteiger partial charge in [0, 0.05) is 11.8 Å². The van der Waals surface area contributed by atoms with E-state index in [4.69, 9.17) is 4.52 Å². The zero-order valence-electron chi connectivity index (χ0n) is 12.7. The summed E-state index contributed by atoms with van der Waals surface area (Å²) >= 11 is 1.14. The molecule has 0 aliphatic carbocycles. The van der Waals surface area contributed by atoms with Gasteiger partial charge in [0.05, 0.1) is 11.1 Å². The highest BCUT2D eigenvalue weighted by atomic mass is 32.2. The highest BCUT2D eigenvalue weighted by molar-refractivity contribution is 7.94. The number of hydrogen-bond acceptors (Lipinski definition) is 5. The van der Waals surface area contributed by atoms with E-state index in [1.54, 1.807) is 30.3 Å². The Morgan fingerprint density at radius 3 is 2.43 bits per heavy atom. The van der Waals surface area contributed by atoms with Gasteiger partial charge in [-0.25, -0.2) is 8.42 Å². The summed E-state index contributed by atoms with van der Waals surface area (Å²) in [4.78, 5) is 0.720. The molecule has 0 bridgehead atoms. The highest BCUT2D eigenvalue weighted by Crippen LogP contribution is 2.31. The number of benzene rings is 1. The molecule has 2 heterocycles. The van der Waals surface area contributed by atoms with Gasteiger partial charge >= 0.3 is 0 Å². The summed E-state index contributed by atoms with van der Waals surface area (Å²) in [5.41, 5.74) is 1.71. The predicted molar refractivity (Wildman–Crippen MR) is 91.2 cm³/mol. The van der Waals surface area contributed by atoms with E-state index in [0.29, 0.717) is 17.4 Å². The maximum atomic E-state index is 12.5. The molecule has 3 aromatic rings. The number of rotatable bonds is 5. The average Bonchev–Trinajstić information content (AvgIpc) is 3.19. The minimum atomic E-state index is -3.61. The van der Waals surface area contributed by atoms with Gasteiger partial charge in [-0.3, -0.25) is 4.72 Å². The molecule has 120 valence electrons. The van der Waals surface area contributed by atoms with Crippen molar-refractivity contribution in [2.75, 3.05) is 4.72 Å². The normalized spacial score (nSPS) is 11.8. The first-order valence-corrected chi connectivity index (χ1v) is 9.39. The van der Waals surface area contributed by atoms with Crippen LogP contribution in [0, 0.1) is 0 Å². The van der Waals surface area contributed by atoms with Crippen LogP contribution in [0.5, 0.6) is 0 Å². The molecule has 5 nitrogen and oxygen atoms in total. The van der Waals surface area contributed by atoms with E-state index in [1.165, 1.54) is 6.20 Å². The summed E-state index contributed by atoms with van der Waals surface area (Å²) in [5, 5.41) is 3.63. The number of aromatic nitrogens is 1. The van der Waals surface area contributed by atoms with Crippen LogP contribution in [-0.4, -0.2) is 13.6 Å². The number of nitrogens with one attached hydrogen (secondary N) is 1. The zero-order valence-corrected chi connectivity index (χ0v) is 14.3. The first kappa shape index (κ1) is 15.8. The predicted octanol–water partition coefficient (Wildman–Crippen LogP) is 4.33. The number of nitrogens with zero attached hydrogens (tertiary/aromatic N) is 1. The third-order valence-corrected chi connectivity index (χ3v) is 6.33. The van der Waals surface area contributed by atoms with Gasteiger partial charge in [-0.1, -0.05) is 31.1 Å². The SMILES string of the molecule is CC(C)c1ccc(NS(=O)(=O)c2ccc(-c3ccno3)s2)cc1. The molecule has 0 aliphatic heterocycles. The molecule has 1 aromatic carbocycles. The Labute approximate surface area is 139 Å². The molecule has 0 saturated carbocycles. The number of anilines is 1. The summed E-state index contributed by atoms with van der Waals surface area (Å²) in [6, 6.07) is 12.4. The lowest BCUT2D eigenvalue weighted by atomic mass is 10.0. The van der Waals surface area contributed by atoms with Gasteiger partial charge in [-0.2, -0.15) is 0 Å². The fourth-order valence-corrected chi connectivity index (χ4v) is 4.40. The topological polar surface area (TPSA) is 72.2 Å². The standard InChI is InChI=1S/C16H16N2O3S2/c1-11(2)12-3-5-13(6-4-12)18-23(19,20)16-8-7-15(22-16)14-9-10-17-21-14/h3-11,18H,1-2H3. The van der Waals surface area contributed by atoms with Crippen LogP contribution in [0.2, 0.25) is 0 Å². The maximum absolute atomic E-state index is 12.5. The van der Waals surface area contributed by atoms with E-state index in [0.717, 1.165) is 21.8 Å². The third kappa shape index (κ3) is 3.46. The van der Waals surface area contributed by atoms with Gasteiger partial charge in [0.2, 0.25) is 0 Å². The number of sulfonamides is 1. The summed E-state index contributed by atoms with van der Waals surface area (Å²) in [6.45, 7) is 4.19. The van der Waals surface area contributed by atoms with Crippen molar-refractivity contribution in [3.8, 4) is 10.6 Å². The van der Waals surface area contributed by atoms with Gasteiger partial charge < -0.3 is 4.52 Å².